The summed E-state index contributed by atoms with van der Waals surface area (Å²) in [5.74, 6) is 1.74. The summed E-state index contributed by atoms with van der Waals surface area (Å²) in [4.78, 5) is 11.3. The van der Waals surface area contributed by atoms with Crippen LogP contribution in [0.5, 0.6) is 0 Å². The summed E-state index contributed by atoms with van der Waals surface area (Å²) in [5, 5.41) is 17.4. The molecule has 7 heteroatoms. The molecule has 0 radical (unpaired) electrons. The number of halogens is 1. The van der Waals surface area contributed by atoms with Gasteiger partial charge in [-0.25, -0.2) is 4.98 Å². The van der Waals surface area contributed by atoms with Gasteiger partial charge in [-0.15, -0.1) is 24.0 Å². The number of anilines is 1. The molecule has 2 aromatic rings. The van der Waals surface area contributed by atoms with Crippen LogP contribution in [0.2, 0.25) is 0 Å². The lowest BCUT2D eigenvalue weighted by molar-refractivity contribution is 0.188. The summed E-state index contributed by atoms with van der Waals surface area (Å²) in [7, 11) is 0. The number of rotatable bonds is 5. The molecule has 0 saturated carbocycles. The fraction of sp³-hybridized carbons (Fsp3) is 0.444. The van der Waals surface area contributed by atoms with E-state index in [-0.39, 0.29) is 30.1 Å². The summed E-state index contributed by atoms with van der Waals surface area (Å²) >= 11 is 0. The van der Waals surface area contributed by atoms with E-state index in [2.05, 4.69) is 44.6 Å². The highest BCUT2D eigenvalue weighted by Gasteiger charge is 2.22. The Morgan fingerprint density at radius 1 is 1.32 bits per heavy atom. The van der Waals surface area contributed by atoms with Crippen molar-refractivity contribution < 1.29 is 5.11 Å². The van der Waals surface area contributed by atoms with Gasteiger partial charge in [0.25, 0.3) is 0 Å². The molecular weight excluding hydrogens is 429 g/mol. The lowest BCUT2D eigenvalue weighted by Crippen LogP contribution is -2.40. The van der Waals surface area contributed by atoms with Crippen LogP contribution < -0.4 is 10.6 Å². The summed E-state index contributed by atoms with van der Waals surface area (Å²) < 4.78 is 0. The average molecular weight is 455 g/mol. The van der Waals surface area contributed by atoms with Gasteiger partial charge in [-0.05, 0) is 31.5 Å². The first-order chi connectivity index (χ1) is 11.8. The number of hydrogen-bond donors (Lipinski definition) is 3. The maximum atomic E-state index is 9.68. The van der Waals surface area contributed by atoms with Gasteiger partial charge >= 0.3 is 0 Å². The van der Waals surface area contributed by atoms with E-state index in [9.17, 15) is 5.11 Å². The van der Waals surface area contributed by atoms with Crippen LogP contribution in [0.4, 0.5) is 5.82 Å². The van der Waals surface area contributed by atoms with Gasteiger partial charge in [0, 0.05) is 31.6 Å². The number of aliphatic hydroxyl groups excluding tert-OH is 1. The van der Waals surface area contributed by atoms with Crippen molar-refractivity contribution in [3.05, 3.63) is 36.4 Å². The number of likely N-dealkylation sites (tertiary alicyclic amines) is 1. The number of β-amino-alcohol motifs (C(OH)–C–C–N with tert-alkyl or cyclic N) is 1. The molecule has 1 aliphatic heterocycles. The zero-order valence-corrected chi connectivity index (χ0v) is 16.8. The molecule has 3 N–H and O–H groups in total. The van der Waals surface area contributed by atoms with E-state index in [1.807, 2.05) is 24.3 Å². The minimum atomic E-state index is -0.242. The lowest BCUT2D eigenvalue weighted by atomic mass is 10.2. The second-order valence-corrected chi connectivity index (χ2v) is 5.94. The quantitative estimate of drug-likeness (QED) is 0.279. The van der Waals surface area contributed by atoms with Crippen LogP contribution in [-0.2, 0) is 0 Å². The van der Waals surface area contributed by atoms with Crippen LogP contribution in [0, 0.1) is 0 Å². The molecule has 0 aliphatic carbocycles. The molecule has 1 atom stereocenters. The smallest absolute Gasteiger partial charge is 0.194 e. The molecule has 2 heterocycles. The number of aromatic nitrogens is 1. The molecule has 1 saturated heterocycles. The Balaban J connectivity index is 0.00000225. The Bertz CT molecular complexity index is 709. The van der Waals surface area contributed by atoms with Gasteiger partial charge in [0.1, 0.15) is 5.82 Å². The molecule has 25 heavy (non-hydrogen) atoms. The number of para-hydroxylation sites is 1. The normalized spacial score (nSPS) is 17.4. The summed E-state index contributed by atoms with van der Waals surface area (Å²) in [6.45, 7) is 5.77. The number of nitrogens with one attached hydrogen (secondary N) is 2. The zero-order chi connectivity index (χ0) is 16.8. The van der Waals surface area contributed by atoms with E-state index in [0.29, 0.717) is 13.1 Å². The molecule has 1 fully saturated rings. The first-order valence-corrected chi connectivity index (χ1v) is 8.57. The van der Waals surface area contributed by atoms with Gasteiger partial charge < -0.3 is 20.6 Å². The van der Waals surface area contributed by atoms with Crippen LogP contribution in [0.1, 0.15) is 13.3 Å². The van der Waals surface area contributed by atoms with E-state index >= 15 is 0 Å². The molecule has 0 unspecified atom stereocenters. The van der Waals surface area contributed by atoms with Crippen molar-refractivity contribution in [3.63, 3.8) is 0 Å². The molecule has 1 aliphatic rings. The van der Waals surface area contributed by atoms with Crippen molar-refractivity contribution >= 4 is 46.7 Å². The number of guanidine groups is 1. The van der Waals surface area contributed by atoms with Gasteiger partial charge in [0.05, 0.1) is 18.2 Å². The fourth-order valence-corrected chi connectivity index (χ4v) is 2.87. The second kappa shape index (κ2) is 9.76. The highest BCUT2D eigenvalue weighted by Crippen LogP contribution is 2.14. The van der Waals surface area contributed by atoms with Crippen molar-refractivity contribution in [1.29, 1.82) is 0 Å². The van der Waals surface area contributed by atoms with Crippen LogP contribution in [0.3, 0.4) is 0 Å². The highest BCUT2D eigenvalue weighted by atomic mass is 127. The second-order valence-electron chi connectivity index (χ2n) is 5.94. The molecular formula is C18H26IN5O. The van der Waals surface area contributed by atoms with Gasteiger partial charge in [-0.2, -0.15) is 0 Å². The van der Waals surface area contributed by atoms with Crippen molar-refractivity contribution in [3.8, 4) is 0 Å². The molecule has 136 valence electrons. The number of nitrogens with zero attached hydrogens (tertiary/aromatic N) is 3. The molecule has 6 nitrogen and oxygen atoms in total. The van der Waals surface area contributed by atoms with Crippen LogP contribution in [-0.4, -0.2) is 59.8 Å². The standard InChI is InChI=1S/C18H25N5O.HI/c1-2-19-18(23-12-9-15(24)13-23)21-11-10-20-17-8-7-14-5-3-4-6-16(14)22-17;/h3-8,15,24H,2,9-13H2,1H3,(H,19,21)(H,20,22);1H/t15-;/m1./s1. The van der Waals surface area contributed by atoms with Crippen LogP contribution in [0.15, 0.2) is 41.4 Å². The van der Waals surface area contributed by atoms with Crippen molar-refractivity contribution in [2.75, 3.05) is 38.0 Å². The maximum Gasteiger partial charge on any atom is 0.194 e. The van der Waals surface area contributed by atoms with Crippen molar-refractivity contribution in [1.82, 2.24) is 15.2 Å². The van der Waals surface area contributed by atoms with Crippen LogP contribution >= 0.6 is 24.0 Å². The first kappa shape index (κ1) is 19.7. The molecule has 0 bridgehead atoms. The van der Waals surface area contributed by atoms with Crippen molar-refractivity contribution in [2.24, 2.45) is 4.99 Å². The summed E-state index contributed by atoms with van der Waals surface area (Å²) in [5.41, 5.74) is 0.991. The van der Waals surface area contributed by atoms with Gasteiger partial charge in [0.2, 0.25) is 0 Å². The third-order valence-corrected chi connectivity index (χ3v) is 4.08. The van der Waals surface area contributed by atoms with E-state index in [1.165, 1.54) is 0 Å². The predicted octanol–water partition coefficient (Wildman–Crippen LogP) is 2.30. The Morgan fingerprint density at radius 2 is 2.16 bits per heavy atom. The largest absolute Gasteiger partial charge is 0.391 e. The molecule has 3 rings (SSSR count). The Labute approximate surface area is 165 Å². The average Bonchev–Trinajstić information content (AvgIpc) is 3.04. The molecule has 1 aromatic carbocycles. The van der Waals surface area contributed by atoms with Crippen LogP contribution in [0.25, 0.3) is 10.9 Å². The van der Waals surface area contributed by atoms with E-state index in [0.717, 1.165) is 48.7 Å². The SMILES string of the molecule is CCNC(=NCCNc1ccc2ccccc2n1)N1CC[C@@H](O)C1.I. The first-order valence-electron chi connectivity index (χ1n) is 8.57. The molecule has 0 amide bonds. The number of fused-ring (bicyclic) bond motifs is 1. The Kier molecular flexibility index (Phi) is 7.70. The number of pyridine rings is 1. The Hall–Kier alpha value is -1.61. The van der Waals surface area contributed by atoms with Gasteiger partial charge in [-0.1, -0.05) is 18.2 Å². The third kappa shape index (κ3) is 5.43. The predicted molar refractivity (Wildman–Crippen MR) is 114 cm³/mol. The van der Waals surface area contributed by atoms with E-state index in [4.69, 9.17) is 0 Å². The molecule has 0 spiro atoms. The summed E-state index contributed by atoms with van der Waals surface area (Å²) in [6, 6.07) is 12.2. The van der Waals surface area contributed by atoms with Gasteiger partial charge in [0.15, 0.2) is 5.96 Å². The van der Waals surface area contributed by atoms with Gasteiger partial charge in [-0.3, -0.25) is 4.99 Å². The minimum Gasteiger partial charge on any atom is -0.391 e. The fourth-order valence-electron chi connectivity index (χ4n) is 2.87. The number of aliphatic imine (C=N–C) groups is 1. The lowest BCUT2D eigenvalue weighted by Gasteiger charge is -2.20. The number of benzene rings is 1. The topological polar surface area (TPSA) is 72.8 Å². The van der Waals surface area contributed by atoms with E-state index in [1.54, 1.807) is 0 Å². The number of hydrogen-bond acceptors (Lipinski definition) is 4. The van der Waals surface area contributed by atoms with Crippen molar-refractivity contribution in [2.45, 2.75) is 19.4 Å². The zero-order valence-electron chi connectivity index (χ0n) is 14.5. The minimum absolute atomic E-state index is 0. The van der Waals surface area contributed by atoms with E-state index < -0.39 is 0 Å². The third-order valence-electron chi connectivity index (χ3n) is 4.08. The highest BCUT2D eigenvalue weighted by molar-refractivity contribution is 14.0. The summed E-state index contributed by atoms with van der Waals surface area (Å²) in [6.07, 6.45) is 0.567. The maximum absolute atomic E-state index is 9.68. The monoisotopic (exact) mass is 455 g/mol. The number of aliphatic hydroxyl groups is 1. The molecule has 1 aromatic heterocycles. The Morgan fingerprint density at radius 3 is 2.92 bits per heavy atom.